The van der Waals surface area contributed by atoms with Gasteiger partial charge in [-0.2, -0.15) is 22.6 Å². The lowest BCUT2D eigenvalue weighted by molar-refractivity contribution is -0.139. The molecule has 3 aliphatic heterocycles. The molecule has 1 unspecified atom stereocenters. The average Bonchev–Trinajstić information content (AvgIpc) is 3.71. The number of aliphatic hydroxyl groups excluding tert-OH is 1. The van der Waals surface area contributed by atoms with E-state index in [9.17, 15) is 31.5 Å². The van der Waals surface area contributed by atoms with E-state index >= 15 is 0 Å². The SMILES string of the molecule is CS(=O)(=O)N1CCc2c(c(-c3ccc(C(F)(F)F)c(SCC(=O)NC4CCCC4)c3)nn2CC(O)CN2CCC(N3CCOCC3)CC2)C1. The lowest BCUT2D eigenvalue weighted by Crippen LogP contribution is -2.50. The number of likely N-dealkylation sites (tertiary alicyclic amines) is 1. The number of aliphatic hydroxyl groups is 1. The maximum atomic E-state index is 14.1. The molecule has 11 nitrogen and oxygen atoms in total. The van der Waals surface area contributed by atoms with Crippen molar-refractivity contribution in [3.63, 3.8) is 0 Å². The Morgan fingerprint density at radius 1 is 1.08 bits per heavy atom. The van der Waals surface area contributed by atoms with Gasteiger partial charge in [0.15, 0.2) is 0 Å². The molecule has 1 aliphatic carbocycles. The number of piperidine rings is 1. The van der Waals surface area contributed by atoms with Crippen LogP contribution < -0.4 is 5.32 Å². The number of β-amino-alcohol motifs (C(OH)–C–C–N with tert-alkyl or cyclic N) is 1. The van der Waals surface area contributed by atoms with Gasteiger partial charge >= 0.3 is 6.18 Å². The molecule has 4 aliphatic rings. The molecule has 2 saturated heterocycles. The number of rotatable bonds is 11. The molecule has 0 radical (unpaired) electrons. The molecule has 1 aromatic heterocycles. The minimum absolute atomic E-state index is 0.0297. The molecule has 16 heteroatoms. The van der Waals surface area contributed by atoms with Gasteiger partial charge < -0.3 is 20.1 Å². The summed E-state index contributed by atoms with van der Waals surface area (Å²) in [5.41, 5.74) is 1.33. The highest BCUT2D eigenvalue weighted by molar-refractivity contribution is 8.00. The van der Waals surface area contributed by atoms with Crippen LogP contribution in [0.25, 0.3) is 11.3 Å². The van der Waals surface area contributed by atoms with Gasteiger partial charge in [-0.3, -0.25) is 14.4 Å². The molecule has 4 heterocycles. The summed E-state index contributed by atoms with van der Waals surface area (Å²) in [6.45, 7) is 6.08. The molecule has 6 rings (SSSR count). The Labute approximate surface area is 290 Å². The summed E-state index contributed by atoms with van der Waals surface area (Å²) in [6.07, 6.45) is 1.96. The maximum Gasteiger partial charge on any atom is 0.417 e. The molecule has 0 bridgehead atoms. The smallest absolute Gasteiger partial charge is 0.390 e. The first-order chi connectivity index (χ1) is 23.3. The first-order valence-corrected chi connectivity index (χ1v) is 20.1. The number of hydrogen-bond donors (Lipinski definition) is 2. The third-order valence-corrected chi connectivity index (χ3v) is 12.5. The van der Waals surface area contributed by atoms with Crippen molar-refractivity contribution in [2.45, 2.75) is 87.3 Å². The van der Waals surface area contributed by atoms with Crippen molar-refractivity contribution in [2.75, 3.05) is 64.5 Å². The van der Waals surface area contributed by atoms with Crippen molar-refractivity contribution >= 4 is 27.7 Å². The van der Waals surface area contributed by atoms with E-state index in [0.717, 1.165) is 108 Å². The van der Waals surface area contributed by atoms with E-state index in [-0.39, 0.29) is 42.2 Å². The van der Waals surface area contributed by atoms with Gasteiger partial charge in [0, 0.05) is 72.9 Å². The first kappa shape index (κ1) is 36.6. The van der Waals surface area contributed by atoms with Crippen LogP contribution in [0.5, 0.6) is 0 Å². The molecule has 1 atom stereocenters. The van der Waals surface area contributed by atoms with E-state index in [2.05, 4.69) is 15.1 Å². The summed E-state index contributed by atoms with van der Waals surface area (Å²) in [5.74, 6) is -0.465. The Kier molecular flexibility index (Phi) is 11.6. The number of morpholine rings is 1. The zero-order chi connectivity index (χ0) is 34.8. The van der Waals surface area contributed by atoms with Gasteiger partial charge in [-0.1, -0.05) is 18.9 Å². The highest BCUT2D eigenvalue weighted by atomic mass is 32.2. The van der Waals surface area contributed by atoms with Gasteiger partial charge in [-0.05, 0) is 50.9 Å². The third kappa shape index (κ3) is 9.18. The van der Waals surface area contributed by atoms with Crippen LogP contribution in [-0.2, 0) is 45.2 Å². The van der Waals surface area contributed by atoms with Crippen LogP contribution in [0, 0.1) is 0 Å². The molecule has 2 N–H and O–H groups in total. The van der Waals surface area contributed by atoms with Crippen molar-refractivity contribution in [1.82, 2.24) is 29.2 Å². The summed E-state index contributed by atoms with van der Waals surface area (Å²) in [5, 5.41) is 19.0. The Bertz CT molecular complexity index is 1570. The van der Waals surface area contributed by atoms with Gasteiger partial charge in [-0.25, -0.2) is 8.42 Å². The van der Waals surface area contributed by atoms with Crippen LogP contribution in [0.1, 0.15) is 55.3 Å². The molecule has 0 spiro atoms. The fourth-order valence-electron chi connectivity index (χ4n) is 7.60. The van der Waals surface area contributed by atoms with Crippen molar-refractivity contribution in [1.29, 1.82) is 0 Å². The van der Waals surface area contributed by atoms with Crippen LogP contribution in [0.2, 0.25) is 0 Å². The van der Waals surface area contributed by atoms with Crippen LogP contribution in [0.4, 0.5) is 13.2 Å². The van der Waals surface area contributed by atoms with Crippen molar-refractivity contribution in [3.8, 4) is 11.3 Å². The van der Waals surface area contributed by atoms with E-state index in [4.69, 9.17) is 9.84 Å². The number of fused-ring (bicyclic) bond motifs is 1. The van der Waals surface area contributed by atoms with Crippen molar-refractivity contribution in [3.05, 3.63) is 35.0 Å². The van der Waals surface area contributed by atoms with Gasteiger partial charge in [0.25, 0.3) is 0 Å². The number of alkyl halides is 3. The highest BCUT2D eigenvalue weighted by Gasteiger charge is 2.36. The summed E-state index contributed by atoms with van der Waals surface area (Å²) < 4.78 is 75.9. The van der Waals surface area contributed by atoms with E-state index < -0.39 is 27.9 Å². The number of halogens is 3. The average molecular weight is 729 g/mol. The second-order valence-corrected chi connectivity index (χ2v) is 16.7. The number of carbonyl (C=O) groups is 1. The molecular weight excluding hydrogens is 682 g/mol. The lowest BCUT2D eigenvalue weighted by Gasteiger charge is -2.40. The van der Waals surface area contributed by atoms with Crippen LogP contribution in [-0.4, -0.2) is 126 Å². The zero-order valence-electron chi connectivity index (χ0n) is 28.0. The highest BCUT2D eigenvalue weighted by Crippen LogP contribution is 2.40. The number of aromatic nitrogens is 2. The largest absolute Gasteiger partial charge is 0.417 e. The van der Waals surface area contributed by atoms with Gasteiger partial charge in [0.2, 0.25) is 15.9 Å². The second kappa shape index (κ2) is 15.6. The van der Waals surface area contributed by atoms with E-state index in [0.29, 0.717) is 35.8 Å². The standard InChI is InChI=1S/C33H47F3N6O5S2/c1-49(45,46)41-13-10-29-27(21-41)32(38-42(29)20-26(43)19-39-11-8-25(9-12-39)40-14-16-47-17-15-40)23-6-7-28(33(34,35)36)30(18-23)48-22-31(44)37-24-4-2-3-5-24/h6-7,18,24-26,43H,2-5,8-17,19-22H2,1H3,(H,37,44). The number of sulfonamides is 1. The Morgan fingerprint density at radius 2 is 1.80 bits per heavy atom. The topological polar surface area (TPSA) is 120 Å². The van der Waals surface area contributed by atoms with Gasteiger partial charge in [0.1, 0.15) is 0 Å². The quantitative estimate of drug-likeness (QED) is 0.337. The number of amides is 1. The number of carbonyl (C=O) groups excluding carboxylic acids is 1. The molecule has 272 valence electrons. The van der Waals surface area contributed by atoms with Crippen LogP contribution >= 0.6 is 11.8 Å². The Morgan fingerprint density at radius 3 is 2.47 bits per heavy atom. The first-order valence-electron chi connectivity index (χ1n) is 17.2. The van der Waals surface area contributed by atoms with Gasteiger partial charge in [0.05, 0.1) is 49.1 Å². The summed E-state index contributed by atoms with van der Waals surface area (Å²) >= 11 is 0.835. The molecule has 49 heavy (non-hydrogen) atoms. The monoisotopic (exact) mass is 728 g/mol. The number of benzene rings is 1. The van der Waals surface area contributed by atoms with E-state index in [1.807, 2.05) is 0 Å². The minimum atomic E-state index is -4.63. The maximum absolute atomic E-state index is 14.1. The number of thioether (sulfide) groups is 1. The molecule has 1 saturated carbocycles. The zero-order valence-corrected chi connectivity index (χ0v) is 29.6. The fraction of sp³-hybridized carbons (Fsp3) is 0.697. The van der Waals surface area contributed by atoms with Crippen LogP contribution in [0.3, 0.4) is 0 Å². The van der Waals surface area contributed by atoms with Crippen LogP contribution in [0.15, 0.2) is 23.1 Å². The number of nitrogens with one attached hydrogen (secondary N) is 1. The van der Waals surface area contributed by atoms with E-state index in [1.165, 1.54) is 16.4 Å². The minimum Gasteiger partial charge on any atom is -0.390 e. The summed E-state index contributed by atoms with van der Waals surface area (Å²) in [4.78, 5) is 17.3. The normalized spacial score (nSPS) is 21.6. The Hall–Kier alpha value is -2.21. The van der Waals surface area contributed by atoms with Gasteiger partial charge in [-0.15, -0.1) is 11.8 Å². The molecular formula is C33H47F3N6O5S2. The van der Waals surface area contributed by atoms with Crippen molar-refractivity contribution in [2.24, 2.45) is 0 Å². The predicted molar refractivity (Wildman–Crippen MR) is 181 cm³/mol. The number of ether oxygens (including phenoxy) is 1. The summed E-state index contributed by atoms with van der Waals surface area (Å²) in [6, 6.07) is 4.34. The molecule has 1 amide bonds. The third-order valence-electron chi connectivity index (χ3n) is 10.2. The second-order valence-electron chi connectivity index (χ2n) is 13.7. The lowest BCUT2D eigenvalue weighted by atomic mass is 10.0. The molecule has 3 fully saturated rings. The number of nitrogens with zero attached hydrogens (tertiary/aromatic N) is 5. The number of hydrogen-bond acceptors (Lipinski definition) is 9. The molecule has 1 aromatic carbocycles. The summed E-state index contributed by atoms with van der Waals surface area (Å²) in [7, 11) is -3.54. The van der Waals surface area contributed by atoms with E-state index in [1.54, 1.807) is 4.68 Å². The molecule has 2 aromatic rings. The Balaban J connectivity index is 1.20. The predicted octanol–water partition coefficient (Wildman–Crippen LogP) is 3.20. The van der Waals surface area contributed by atoms with Crippen molar-refractivity contribution < 1.29 is 36.2 Å². The fourth-order valence-corrected chi connectivity index (χ4v) is 9.31.